The van der Waals surface area contributed by atoms with E-state index in [0.717, 1.165) is 50.9 Å². The fourth-order valence-corrected chi connectivity index (χ4v) is 9.39. The number of ether oxygens (including phenoxy) is 1. The van der Waals surface area contributed by atoms with E-state index in [0.29, 0.717) is 41.9 Å². The summed E-state index contributed by atoms with van der Waals surface area (Å²) in [6.07, 6.45) is -8.62. The number of carbonyl (C=O) groups is 1. The van der Waals surface area contributed by atoms with Crippen molar-refractivity contribution in [2.75, 3.05) is 38.2 Å². The van der Waals surface area contributed by atoms with Crippen LogP contribution in [0.2, 0.25) is 0 Å². The number of rotatable bonds is 8. The topological polar surface area (TPSA) is 142 Å². The summed E-state index contributed by atoms with van der Waals surface area (Å²) >= 11 is 0. The van der Waals surface area contributed by atoms with Gasteiger partial charge in [0.25, 0.3) is 16.1 Å². The first-order valence-electron chi connectivity index (χ1n) is 18.2. The van der Waals surface area contributed by atoms with Gasteiger partial charge >= 0.3 is 12.5 Å². The fourth-order valence-electron chi connectivity index (χ4n) is 6.77. The highest BCUT2D eigenvalue weighted by Crippen LogP contribution is 2.35. The monoisotopic (exact) mass is 875 g/mol. The summed E-state index contributed by atoms with van der Waals surface area (Å²) in [7, 11) is -4.56. The summed E-state index contributed by atoms with van der Waals surface area (Å²) in [5, 5.41) is 2.78. The summed E-state index contributed by atoms with van der Waals surface area (Å²) in [5.74, 6) is -1.33. The van der Waals surface area contributed by atoms with E-state index in [1.807, 2.05) is 18.2 Å². The Kier molecular flexibility index (Phi) is 12.7. The van der Waals surface area contributed by atoms with E-state index in [4.69, 9.17) is 5.73 Å². The lowest BCUT2D eigenvalue weighted by atomic mass is 9.97. The maximum absolute atomic E-state index is 13.3. The number of para-hydroxylation sites is 1. The Balaban J connectivity index is 0.000000296. The van der Waals surface area contributed by atoms with Crippen molar-refractivity contribution in [3.05, 3.63) is 143 Å². The zero-order chi connectivity index (χ0) is 43.6. The molecule has 318 valence electrons. The lowest BCUT2D eigenvalue weighted by molar-refractivity contribution is -0.275. The predicted octanol–water partition coefficient (Wildman–Crippen LogP) is 7.70. The van der Waals surface area contributed by atoms with Crippen LogP contribution in [0.4, 0.5) is 37.7 Å². The summed E-state index contributed by atoms with van der Waals surface area (Å²) in [4.78, 5) is 12.6. The molecule has 0 aromatic heterocycles. The van der Waals surface area contributed by atoms with Gasteiger partial charge in [-0.15, -0.1) is 13.2 Å². The smallest absolute Gasteiger partial charge is 0.404 e. The van der Waals surface area contributed by atoms with E-state index < -0.39 is 54.9 Å². The van der Waals surface area contributed by atoms with Crippen molar-refractivity contribution < 1.29 is 52.7 Å². The highest BCUT2D eigenvalue weighted by molar-refractivity contribution is 7.89. The molecule has 60 heavy (non-hydrogen) atoms. The quantitative estimate of drug-likeness (QED) is 0.120. The number of nitrogen functional groups attached to an aromatic ring is 1. The molecule has 5 aromatic rings. The second-order valence-electron chi connectivity index (χ2n) is 14.0. The summed E-state index contributed by atoms with van der Waals surface area (Å²) < 4.78 is 136. The minimum Gasteiger partial charge on any atom is -0.404 e. The first-order valence-corrected chi connectivity index (χ1v) is 21.1. The van der Waals surface area contributed by atoms with Crippen molar-refractivity contribution >= 4 is 37.5 Å². The first-order chi connectivity index (χ1) is 28.1. The van der Waals surface area contributed by atoms with E-state index in [2.05, 4.69) is 10.1 Å². The molecule has 0 unspecified atom stereocenters. The number of amides is 1. The van der Waals surface area contributed by atoms with Crippen LogP contribution in [0, 0.1) is 0 Å². The highest BCUT2D eigenvalue weighted by atomic mass is 32.2. The normalized spacial score (nSPS) is 15.0. The maximum atomic E-state index is 13.3. The summed E-state index contributed by atoms with van der Waals surface area (Å²) in [6, 6.07) is 26.0. The number of hydrogen-bond donors (Lipinski definition) is 2. The molecule has 5 aromatic carbocycles. The van der Waals surface area contributed by atoms with Gasteiger partial charge in [-0.25, -0.2) is 8.42 Å². The molecule has 0 aliphatic carbocycles. The molecule has 2 aliphatic heterocycles. The zero-order valence-corrected chi connectivity index (χ0v) is 33.7. The van der Waals surface area contributed by atoms with Crippen molar-refractivity contribution in [1.82, 2.24) is 12.9 Å². The van der Waals surface area contributed by atoms with Gasteiger partial charge < -0.3 is 15.8 Å². The predicted molar refractivity (Wildman–Crippen MR) is 213 cm³/mol. The number of nitrogens with one attached hydrogen (secondary N) is 1. The molecule has 19 heteroatoms. The van der Waals surface area contributed by atoms with Gasteiger partial charge in [0.05, 0.1) is 5.56 Å². The molecule has 2 aliphatic rings. The number of hydrogen-bond acceptors (Lipinski definition) is 7. The maximum Gasteiger partial charge on any atom is 0.573 e. The third kappa shape index (κ3) is 10.1. The van der Waals surface area contributed by atoms with Crippen LogP contribution in [0.15, 0.2) is 114 Å². The molecule has 3 N–H and O–H groups in total. The van der Waals surface area contributed by atoms with Crippen LogP contribution in [0.5, 0.6) is 5.75 Å². The molecule has 0 atom stereocenters. The van der Waals surface area contributed by atoms with Crippen LogP contribution in [-0.4, -0.2) is 69.2 Å². The third-order valence-electron chi connectivity index (χ3n) is 9.82. The van der Waals surface area contributed by atoms with E-state index in [-0.39, 0.29) is 25.1 Å². The molecule has 0 bridgehead atoms. The van der Waals surface area contributed by atoms with Crippen molar-refractivity contribution in [3.8, 4) is 16.9 Å². The molecular weight excluding hydrogens is 837 g/mol. The largest absolute Gasteiger partial charge is 0.573 e. The van der Waals surface area contributed by atoms with Crippen LogP contribution in [0.25, 0.3) is 11.1 Å². The molecule has 0 spiro atoms. The van der Waals surface area contributed by atoms with E-state index in [1.54, 1.807) is 56.6 Å². The Morgan fingerprint density at radius 3 is 1.95 bits per heavy atom. The Morgan fingerprint density at radius 1 is 0.717 bits per heavy atom. The van der Waals surface area contributed by atoms with Gasteiger partial charge in [0.1, 0.15) is 10.6 Å². The first kappa shape index (κ1) is 44.1. The van der Waals surface area contributed by atoms with Gasteiger partial charge in [-0.05, 0) is 101 Å². The van der Waals surface area contributed by atoms with Crippen molar-refractivity contribution in [2.24, 2.45) is 0 Å². The van der Waals surface area contributed by atoms with Crippen molar-refractivity contribution in [3.63, 3.8) is 0 Å². The van der Waals surface area contributed by atoms with Crippen LogP contribution < -0.4 is 15.8 Å². The van der Waals surface area contributed by atoms with Crippen LogP contribution in [0.1, 0.15) is 38.2 Å². The van der Waals surface area contributed by atoms with Gasteiger partial charge in [0.15, 0.2) is 0 Å². The summed E-state index contributed by atoms with van der Waals surface area (Å²) in [6.45, 7) is 0.805. The van der Waals surface area contributed by atoms with E-state index in [1.165, 1.54) is 32.9 Å². The van der Waals surface area contributed by atoms with Crippen molar-refractivity contribution in [1.29, 1.82) is 0 Å². The molecule has 0 fully saturated rings. The number of sulfonamides is 1. The molecule has 1 amide bonds. The number of anilines is 2. The third-order valence-corrected chi connectivity index (χ3v) is 13.6. The highest BCUT2D eigenvalue weighted by Gasteiger charge is 2.37. The average Bonchev–Trinajstić information content (AvgIpc) is 3.19. The van der Waals surface area contributed by atoms with Crippen molar-refractivity contribution in [2.45, 2.75) is 43.4 Å². The van der Waals surface area contributed by atoms with Gasteiger partial charge in [0.2, 0.25) is 10.0 Å². The Labute approximate surface area is 343 Å². The summed E-state index contributed by atoms with van der Waals surface area (Å²) in [5.41, 5.74) is 10.7. The number of alkyl halides is 6. The lowest BCUT2D eigenvalue weighted by Crippen LogP contribution is -2.42. The number of fused-ring (bicyclic) bond motifs is 2. The van der Waals surface area contributed by atoms with Gasteiger partial charge in [-0.3, -0.25) is 4.79 Å². The molecule has 0 saturated heterocycles. The van der Waals surface area contributed by atoms with Crippen LogP contribution >= 0.6 is 0 Å². The zero-order valence-electron chi connectivity index (χ0n) is 32.1. The number of nitrogens with zero attached hydrogens (tertiary/aromatic N) is 3. The molecule has 7 rings (SSSR count). The second kappa shape index (κ2) is 17.3. The average molecular weight is 876 g/mol. The van der Waals surface area contributed by atoms with Gasteiger partial charge in [-0.2, -0.15) is 34.5 Å². The Bertz CT molecular complexity index is 2600. The van der Waals surface area contributed by atoms with Crippen LogP contribution in [-0.2, 0) is 52.3 Å². The Hall–Kier alpha value is -5.47. The van der Waals surface area contributed by atoms with E-state index in [9.17, 15) is 48.0 Å². The lowest BCUT2D eigenvalue weighted by Gasteiger charge is -2.30. The minimum absolute atomic E-state index is 0.0240. The van der Waals surface area contributed by atoms with Crippen LogP contribution in [0.3, 0.4) is 0 Å². The Morgan fingerprint density at radius 2 is 1.30 bits per heavy atom. The molecule has 0 saturated carbocycles. The van der Waals surface area contributed by atoms with Gasteiger partial charge in [0, 0.05) is 57.2 Å². The fraction of sp³-hybridized carbons (Fsp3) is 0.244. The molecular formula is C41H39F6N5O6S2. The number of carbonyl (C=O) groups excluding carboxylic acids is 1. The molecule has 0 radical (unpaired) electrons. The number of nitrogens with two attached hydrogens (primary N) is 1. The van der Waals surface area contributed by atoms with Gasteiger partial charge in [-0.1, -0.05) is 54.6 Å². The molecule has 11 nitrogen and oxygen atoms in total. The molecule has 2 heterocycles. The number of benzene rings is 5. The second-order valence-corrected chi connectivity index (χ2v) is 18.1. The minimum atomic E-state index is -5.07. The SMILES string of the molecule is CN(C)S(=O)(=O)N1CCc2cc(N)ccc2C1.O=C(Nc1ccc2c(c1)CCN(S(=O)(=O)c1ccccc1OC(F)(F)F)C2)c1ccccc1-c1ccc(C(F)(F)F)cc1. The number of halogens is 6. The van der Waals surface area contributed by atoms with E-state index >= 15 is 0 Å². The standard InChI is InChI=1S/C30H22F6N2O4S.C11H17N3O2S/c31-29(32,33)22-12-9-19(10-13-22)24-5-1-2-6-25(24)28(39)37-23-14-11-21-18-38(16-15-20(21)17-23)43(40,41)27-8-4-3-7-26(27)42-30(34,35)36;1-13(2)17(15,16)14-6-5-9-7-11(12)4-3-10(9)8-14/h1-14,17H,15-16,18H2,(H,37,39);3-4,7H,5-6,8,12H2,1-2H3.